The first-order chi connectivity index (χ1) is 12.4. The third-order valence-corrected chi connectivity index (χ3v) is 5.56. The average molecular weight is 365 g/mol. The van der Waals surface area contributed by atoms with Crippen LogP contribution in [0.2, 0.25) is 0 Å². The molecule has 0 aliphatic rings. The Labute approximate surface area is 153 Å². The van der Waals surface area contributed by atoms with Crippen LogP contribution in [0.15, 0.2) is 65.3 Å². The van der Waals surface area contributed by atoms with Crippen molar-refractivity contribution in [3.8, 4) is 22.5 Å². The van der Waals surface area contributed by atoms with Gasteiger partial charge in [-0.15, -0.1) is 23.1 Å². The fraction of sp³-hybridized carbons (Fsp3) is 0.105. The van der Waals surface area contributed by atoms with Crippen LogP contribution in [0, 0.1) is 0 Å². The van der Waals surface area contributed by atoms with Crippen LogP contribution in [-0.4, -0.2) is 32.4 Å². The van der Waals surface area contributed by atoms with Crippen molar-refractivity contribution in [2.75, 3.05) is 12.4 Å². The normalized spacial score (nSPS) is 11.1. The first-order valence-corrected chi connectivity index (χ1v) is 9.72. The lowest BCUT2D eigenvalue weighted by atomic mass is 10.1. The minimum atomic E-state index is 0.114. The van der Waals surface area contributed by atoms with Crippen molar-refractivity contribution in [2.24, 2.45) is 0 Å². The molecule has 4 aromatic rings. The Hall–Kier alpha value is -2.28. The molecule has 4 rings (SSSR count). The van der Waals surface area contributed by atoms with E-state index in [1.165, 1.54) is 0 Å². The van der Waals surface area contributed by atoms with Crippen molar-refractivity contribution in [1.82, 2.24) is 15.0 Å². The summed E-state index contributed by atoms with van der Waals surface area (Å²) in [4.78, 5) is 14.6. The van der Waals surface area contributed by atoms with Gasteiger partial charge in [0, 0.05) is 34.7 Å². The Kier molecular flexibility index (Phi) is 4.74. The number of pyridine rings is 1. The van der Waals surface area contributed by atoms with Gasteiger partial charge in [-0.3, -0.25) is 4.98 Å². The van der Waals surface area contributed by atoms with Crippen LogP contribution in [0.5, 0.6) is 0 Å². The van der Waals surface area contributed by atoms with E-state index in [4.69, 9.17) is 9.97 Å². The van der Waals surface area contributed by atoms with Gasteiger partial charge >= 0.3 is 0 Å². The minimum absolute atomic E-state index is 0.114. The number of aromatic nitrogens is 3. The smallest absolute Gasteiger partial charge is 0.163 e. The zero-order chi connectivity index (χ0) is 17.1. The molecule has 1 aromatic carbocycles. The molecule has 0 aliphatic heterocycles. The van der Waals surface area contributed by atoms with E-state index in [1.807, 2.05) is 30.3 Å². The van der Waals surface area contributed by atoms with Gasteiger partial charge in [-0.1, -0.05) is 30.3 Å². The number of aliphatic hydroxyl groups excluding tert-OH is 1. The molecule has 0 fully saturated rings. The zero-order valence-electron chi connectivity index (χ0n) is 13.3. The van der Waals surface area contributed by atoms with E-state index in [0.717, 1.165) is 31.9 Å². The first kappa shape index (κ1) is 16.2. The molecule has 3 aromatic heterocycles. The van der Waals surface area contributed by atoms with Gasteiger partial charge in [0.2, 0.25) is 0 Å². The molecule has 0 atom stereocenters. The highest BCUT2D eigenvalue weighted by Gasteiger charge is 2.16. The number of rotatable bonds is 5. The molecule has 0 spiro atoms. The monoisotopic (exact) mass is 365 g/mol. The zero-order valence-corrected chi connectivity index (χ0v) is 14.9. The maximum absolute atomic E-state index is 9.25. The Morgan fingerprint density at radius 1 is 1.00 bits per heavy atom. The number of thioether (sulfide) groups is 1. The predicted octanol–water partition coefficient (Wildman–Crippen LogP) is 4.50. The van der Waals surface area contributed by atoms with Gasteiger partial charge < -0.3 is 5.11 Å². The minimum Gasteiger partial charge on any atom is -0.396 e. The van der Waals surface area contributed by atoms with Crippen molar-refractivity contribution in [1.29, 1.82) is 0 Å². The quantitative estimate of drug-likeness (QED) is 0.417. The summed E-state index contributed by atoms with van der Waals surface area (Å²) in [6.07, 6.45) is 3.51. The number of nitrogens with zero attached hydrogens (tertiary/aromatic N) is 3. The highest BCUT2D eigenvalue weighted by Crippen LogP contribution is 2.39. The van der Waals surface area contributed by atoms with E-state index in [0.29, 0.717) is 11.6 Å². The number of aliphatic hydroxyl groups is 1. The second-order valence-corrected chi connectivity index (χ2v) is 7.30. The van der Waals surface area contributed by atoms with Gasteiger partial charge in [0.05, 0.1) is 12.0 Å². The molecule has 3 heterocycles. The van der Waals surface area contributed by atoms with Gasteiger partial charge in [-0.05, 0) is 17.7 Å². The number of fused-ring (bicyclic) bond motifs is 1. The third kappa shape index (κ3) is 3.28. The van der Waals surface area contributed by atoms with E-state index in [2.05, 4.69) is 22.5 Å². The molecular weight excluding hydrogens is 350 g/mol. The molecule has 124 valence electrons. The van der Waals surface area contributed by atoms with E-state index in [-0.39, 0.29) is 6.61 Å². The first-order valence-electron chi connectivity index (χ1n) is 7.85. The molecule has 0 saturated carbocycles. The summed E-state index contributed by atoms with van der Waals surface area (Å²) in [6, 6.07) is 14.1. The lowest BCUT2D eigenvalue weighted by Gasteiger charge is -2.07. The van der Waals surface area contributed by atoms with Gasteiger partial charge in [-0.2, -0.15) is 0 Å². The molecule has 4 nitrogen and oxygen atoms in total. The van der Waals surface area contributed by atoms with E-state index in [9.17, 15) is 5.11 Å². The van der Waals surface area contributed by atoms with Crippen LogP contribution in [0.25, 0.3) is 32.7 Å². The molecule has 6 heteroatoms. The lowest BCUT2D eigenvalue weighted by Crippen LogP contribution is -1.95. The van der Waals surface area contributed by atoms with Gasteiger partial charge in [0.15, 0.2) is 5.82 Å². The lowest BCUT2D eigenvalue weighted by molar-refractivity contribution is 0.322. The van der Waals surface area contributed by atoms with E-state index >= 15 is 0 Å². The SMILES string of the molecule is OCCSc1nc(-c2cccnc2)nc2scc(-c3ccccc3)c12. The van der Waals surface area contributed by atoms with Crippen molar-refractivity contribution in [3.05, 3.63) is 60.2 Å². The highest BCUT2D eigenvalue weighted by molar-refractivity contribution is 7.99. The molecular formula is C19H15N3OS2. The predicted molar refractivity (Wildman–Crippen MR) is 104 cm³/mol. The summed E-state index contributed by atoms with van der Waals surface area (Å²) in [5.74, 6) is 1.27. The van der Waals surface area contributed by atoms with Crippen LogP contribution < -0.4 is 0 Å². The summed E-state index contributed by atoms with van der Waals surface area (Å²) < 4.78 is 0. The van der Waals surface area contributed by atoms with Gasteiger partial charge in [0.1, 0.15) is 9.86 Å². The summed E-state index contributed by atoms with van der Waals surface area (Å²) in [6.45, 7) is 0.114. The summed E-state index contributed by atoms with van der Waals surface area (Å²) in [7, 11) is 0. The second kappa shape index (κ2) is 7.31. The van der Waals surface area contributed by atoms with Crippen molar-refractivity contribution in [2.45, 2.75) is 5.03 Å². The number of hydrogen-bond donors (Lipinski definition) is 1. The molecule has 0 aliphatic carbocycles. The van der Waals surface area contributed by atoms with Crippen LogP contribution in [0.1, 0.15) is 0 Å². The third-order valence-electron chi connectivity index (χ3n) is 3.73. The van der Waals surface area contributed by atoms with Gasteiger partial charge in [0.25, 0.3) is 0 Å². The van der Waals surface area contributed by atoms with E-state index < -0.39 is 0 Å². The fourth-order valence-electron chi connectivity index (χ4n) is 2.61. The van der Waals surface area contributed by atoms with Crippen molar-refractivity contribution < 1.29 is 5.11 Å². The largest absolute Gasteiger partial charge is 0.396 e. The average Bonchev–Trinajstić information content (AvgIpc) is 3.11. The summed E-state index contributed by atoms with van der Waals surface area (Å²) in [5, 5.41) is 13.3. The van der Waals surface area contributed by atoms with Crippen LogP contribution in [0.4, 0.5) is 0 Å². The molecule has 0 radical (unpaired) electrons. The van der Waals surface area contributed by atoms with Crippen LogP contribution in [0.3, 0.4) is 0 Å². The molecule has 25 heavy (non-hydrogen) atoms. The standard InChI is InChI=1S/C19H15N3OS2/c23-9-10-24-18-16-15(13-5-2-1-3-6-13)12-25-19(16)22-17(21-18)14-7-4-8-20-11-14/h1-8,11-12,23H,9-10H2. The Morgan fingerprint density at radius 2 is 1.84 bits per heavy atom. The maximum Gasteiger partial charge on any atom is 0.163 e. The van der Waals surface area contributed by atoms with Crippen LogP contribution >= 0.6 is 23.1 Å². The van der Waals surface area contributed by atoms with Crippen molar-refractivity contribution >= 4 is 33.3 Å². The molecule has 0 bridgehead atoms. The Morgan fingerprint density at radius 3 is 2.60 bits per heavy atom. The van der Waals surface area contributed by atoms with E-state index in [1.54, 1.807) is 35.5 Å². The molecule has 1 N–H and O–H groups in total. The number of hydrogen-bond acceptors (Lipinski definition) is 6. The van der Waals surface area contributed by atoms with Crippen molar-refractivity contribution in [3.63, 3.8) is 0 Å². The Balaban J connectivity index is 1.91. The number of benzene rings is 1. The Bertz CT molecular complexity index is 988. The second-order valence-electron chi connectivity index (χ2n) is 5.36. The molecule has 0 saturated heterocycles. The fourth-order valence-corrected chi connectivity index (χ4v) is 4.41. The molecule has 0 amide bonds. The van der Waals surface area contributed by atoms with Crippen LogP contribution in [-0.2, 0) is 0 Å². The topological polar surface area (TPSA) is 58.9 Å². The van der Waals surface area contributed by atoms with Gasteiger partial charge in [-0.25, -0.2) is 9.97 Å². The summed E-state index contributed by atoms with van der Waals surface area (Å²) >= 11 is 3.18. The highest BCUT2D eigenvalue weighted by atomic mass is 32.2. The number of thiophene rings is 1. The summed E-state index contributed by atoms with van der Waals surface area (Å²) in [5.41, 5.74) is 3.18. The maximum atomic E-state index is 9.25. The molecule has 0 unspecified atom stereocenters.